The molecule has 1 aromatic carbocycles. The average molecular weight is 444 g/mol. The number of aromatic nitrogens is 1. The Balaban J connectivity index is 1.37. The van der Waals surface area contributed by atoms with Crippen molar-refractivity contribution in [3.05, 3.63) is 126 Å². The SMILES string of the molecule is N#Cc1cccnc1C1C=C(c2cccc(N3C4C=CC=CC4O[C@H]4C=CC=C[C@H]43)c2)C=CC1. The highest BCUT2D eigenvalue weighted by Crippen LogP contribution is 2.37. The number of morpholine rings is 1. The predicted molar refractivity (Wildman–Crippen MR) is 135 cm³/mol. The third-order valence-corrected chi connectivity index (χ3v) is 6.93. The van der Waals surface area contributed by atoms with E-state index in [1.165, 1.54) is 5.69 Å². The monoisotopic (exact) mass is 443 g/mol. The topological polar surface area (TPSA) is 49.2 Å². The lowest BCUT2D eigenvalue weighted by Crippen LogP contribution is -2.59. The van der Waals surface area contributed by atoms with Gasteiger partial charge < -0.3 is 9.64 Å². The summed E-state index contributed by atoms with van der Waals surface area (Å²) in [7, 11) is 0. The zero-order valence-electron chi connectivity index (χ0n) is 18.7. The molecule has 6 rings (SSSR count). The molecule has 2 aromatic rings. The number of anilines is 1. The minimum absolute atomic E-state index is 0.0257. The van der Waals surface area contributed by atoms with Crippen molar-refractivity contribution >= 4 is 11.3 Å². The van der Waals surface area contributed by atoms with Crippen LogP contribution in [-0.4, -0.2) is 29.3 Å². The zero-order chi connectivity index (χ0) is 22.9. The maximum atomic E-state index is 9.54. The van der Waals surface area contributed by atoms with Gasteiger partial charge in [-0.25, -0.2) is 0 Å². The van der Waals surface area contributed by atoms with Crippen molar-refractivity contribution in [1.82, 2.24) is 4.98 Å². The van der Waals surface area contributed by atoms with E-state index < -0.39 is 0 Å². The molecule has 1 fully saturated rings. The molecule has 3 aliphatic carbocycles. The van der Waals surface area contributed by atoms with E-state index in [4.69, 9.17) is 4.74 Å². The van der Waals surface area contributed by atoms with Crippen LogP contribution < -0.4 is 4.90 Å². The Labute approximate surface area is 200 Å². The molecule has 0 spiro atoms. The number of nitriles is 1. The van der Waals surface area contributed by atoms with Crippen molar-refractivity contribution in [3.8, 4) is 6.07 Å². The lowest BCUT2D eigenvalue weighted by Gasteiger charge is -2.49. The van der Waals surface area contributed by atoms with E-state index in [1.54, 1.807) is 6.20 Å². The third kappa shape index (κ3) is 3.65. The largest absolute Gasteiger partial charge is 0.362 e. The number of rotatable bonds is 3. The van der Waals surface area contributed by atoms with Gasteiger partial charge in [-0.1, -0.05) is 79.0 Å². The van der Waals surface area contributed by atoms with Gasteiger partial charge in [0.05, 0.1) is 23.3 Å². The van der Waals surface area contributed by atoms with Gasteiger partial charge in [0.15, 0.2) is 0 Å². The van der Waals surface area contributed by atoms with Crippen LogP contribution in [0.15, 0.2) is 109 Å². The lowest BCUT2D eigenvalue weighted by molar-refractivity contribution is -0.00560. The number of hydrogen-bond donors (Lipinski definition) is 0. The maximum Gasteiger partial charge on any atom is 0.101 e. The molecule has 0 amide bonds. The van der Waals surface area contributed by atoms with Crippen LogP contribution in [0.3, 0.4) is 0 Å². The van der Waals surface area contributed by atoms with E-state index in [1.807, 2.05) is 12.1 Å². The summed E-state index contributed by atoms with van der Waals surface area (Å²) >= 11 is 0. The first-order chi connectivity index (χ1) is 16.8. The van der Waals surface area contributed by atoms with Gasteiger partial charge in [0.1, 0.15) is 18.3 Å². The molecule has 166 valence electrons. The first-order valence-corrected chi connectivity index (χ1v) is 11.8. The maximum absolute atomic E-state index is 9.54. The summed E-state index contributed by atoms with van der Waals surface area (Å²) in [6.07, 6.45) is 26.4. The molecular weight excluding hydrogens is 418 g/mol. The fourth-order valence-corrected chi connectivity index (χ4v) is 5.35. The van der Waals surface area contributed by atoms with Gasteiger partial charge >= 0.3 is 0 Å². The van der Waals surface area contributed by atoms with Gasteiger partial charge in [0.2, 0.25) is 0 Å². The standard InChI is InChI=1S/C30H25N3O/c31-20-24-11-7-17-32-30(24)23-10-5-8-21(18-23)22-9-6-12-25(19-22)33-26-13-1-3-15-28(26)34-29-16-4-2-14-27(29)33/h1-9,11-19,23,26-29H,10H2/t23?,26-,27?,28+,29?/m1/s1. The predicted octanol–water partition coefficient (Wildman–Crippen LogP) is 5.64. The van der Waals surface area contributed by atoms with Crippen molar-refractivity contribution in [2.75, 3.05) is 4.90 Å². The smallest absolute Gasteiger partial charge is 0.101 e. The van der Waals surface area contributed by atoms with E-state index in [0.717, 1.165) is 23.3 Å². The van der Waals surface area contributed by atoms with Gasteiger partial charge in [-0.3, -0.25) is 4.98 Å². The molecule has 1 saturated heterocycles. The number of nitrogens with zero attached hydrogens (tertiary/aromatic N) is 3. The molecule has 5 atom stereocenters. The Morgan fingerprint density at radius 1 is 0.941 bits per heavy atom. The van der Waals surface area contributed by atoms with Crippen molar-refractivity contribution < 1.29 is 4.74 Å². The second kappa shape index (κ2) is 8.78. The molecule has 4 heteroatoms. The quantitative estimate of drug-likeness (QED) is 0.616. The number of ether oxygens (including phenoxy) is 1. The minimum atomic E-state index is 0.0257. The molecule has 4 nitrogen and oxygen atoms in total. The molecule has 0 radical (unpaired) electrons. The van der Waals surface area contributed by atoms with Gasteiger partial charge in [0.25, 0.3) is 0 Å². The third-order valence-electron chi connectivity index (χ3n) is 6.93. The second-order valence-electron chi connectivity index (χ2n) is 8.96. The summed E-state index contributed by atoms with van der Waals surface area (Å²) < 4.78 is 6.40. The Morgan fingerprint density at radius 3 is 2.47 bits per heavy atom. The minimum Gasteiger partial charge on any atom is -0.362 e. The Morgan fingerprint density at radius 2 is 1.71 bits per heavy atom. The summed E-state index contributed by atoms with van der Waals surface area (Å²) in [6, 6.07) is 15.0. The summed E-state index contributed by atoms with van der Waals surface area (Å²) in [5.41, 5.74) is 5.00. The molecule has 2 heterocycles. The molecule has 1 aliphatic heterocycles. The number of fused-ring (bicyclic) bond motifs is 2. The molecule has 1 aromatic heterocycles. The lowest BCUT2D eigenvalue weighted by atomic mass is 9.88. The highest BCUT2D eigenvalue weighted by Gasteiger charge is 2.41. The summed E-state index contributed by atoms with van der Waals surface area (Å²) in [4.78, 5) is 7.02. The number of benzene rings is 1. The molecule has 34 heavy (non-hydrogen) atoms. The number of pyridine rings is 1. The van der Waals surface area contributed by atoms with Crippen molar-refractivity contribution in [3.63, 3.8) is 0 Å². The highest BCUT2D eigenvalue weighted by atomic mass is 16.5. The van der Waals surface area contributed by atoms with Crippen LogP contribution in [0.1, 0.15) is 29.2 Å². The van der Waals surface area contributed by atoms with Crippen molar-refractivity contribution in [1.29, 1.82) is 5.26 Å². The Bertz CT molecular complexity index is 1290. The van der Waals surface area contributed by atoms with E-state index in [9.17, 15) is 5.26 Å². The average Bonchev–Trinajstić information content (AvgIpc) is 2.91. The van der Waals surface area contributed by atoms with Crippen LogP contribution in [0.4, 0.5) is 5.69 Å². The fourth-order valence-electron chi connectivity index (χ4n) is 5.35. The van der Waals surface area contributed by atoms with Crippen molar-refractivity contribution in [2.45, 2.75) is 36.6 Å². The summed E-state index contributed by atoms with van der Waals surface area (Å²) in [5, 5.41) is 9.54. The number of allylic oxidation sites excluding steroid dienone is 8. The zero-order valence-corrected chi connectivity index (χ0v) is 18.7. The molecule has 4 aliphatic rings. The van der Waals surface area contributed by atoms with Gasteiger partial charge in [-0.15, -0.1) is 0 Å². The van der Waals surface area contributed by atoms with E-state index in [0.29, 0.717) is 5.56 Å². The van der Waals surface area contributed by atoms with Crippen LogP contribution in [0, 0.1) is 11.3 Å². The summed E-state index contributed by atoms with van der Waals surface area (Å²) in [5.74, 6) is 0.0921. The Hall–Kier alpha value is -3.94. The fraction of sp³-hybridized carbons (Fsp3) is 0.200. The first kappa shape index (κ1) is 20.7. The normalized spacial score (nSPS) is 28.7. The van der Waals surface area contributed by atoms with Crippen LogP contribution >= 0.6 is 0 Å². The highest BCUT2D eigenvalue weighted by molar-refractivity contribution is 5.78. The molecular formula is C30H25N3O. The number of hydrogen-bond acceptors (Lipinski definition) is 4. The van der Waals surface area contributed by atoms with Crippen LogP contribution in [0.5, 0.6) is 0 Å². The van der Waals surface area contributed by atoms with Crippen LogP contribution in [-0.2, 0) is 4.74 Å². The van der Waals surface area contributed by atoms with Crippen LogP contribution in [0.25, 0.3) is 5.57 Å². The van der Waals surface area contributed by atoms with Gasteiger partial charge in [-0.2, -0.15) is 5.26 Å². The molecule has 3 unspecified atom stereocenters. The van der Waals surface area contributed by atoms with E-state index in [-0.39, 0.29) is 30.2 Å². The Kier molecular flexibility index (Phi) is 5.33. The molecule has 0 saturated carbocycles. The summed E-state index contributed by atoms with van der Waals surface area (Å²) in [6.45, 7) is 0. The van der Waals surface area contributed by atoms with Gasteiger partial charge in [0, 0.05) is 17.8 Å². The van der Waals surface area contributed by atoms with Crippen LogP contribution in [0.2, 0.25) is 0 Å². The van der Waals surface area contributed by atoms with E-state index >= 15 is 0 Å². The van der Waals surface area contributed by atoms with E-state index in [2.05, 4.69) is 107 Å². The molecule has 0 N–H and O–H groups in total. The first-order valence-electron chi connectivity index (χ1n) is 11.8. The van der Waals surface area contributed by atoms with Gasteiger partial charge in [-0.05, 0) is 41.8 Å². The second-order valence-corrected chi connectivity index (χ2v) is 8.96. The molecule has 0 bridgehead atoms. The van der Waals surface area contributed by atoms with Crippen molar-refractivity contribution in [2.24, 2.45) is 0 Å².